The van der Waals surface area contributed by atoms with Crippen molar-refractivity contribution < 1.29 is 14.0 Å². The van der Waals surface area contributed by atoms with Gasteiger partial charge in [-0.15, -0.1) is 0 Å². The summed E-state index contributed by atoms with van der Waals surface area (Å²) in [5.74, 6) is -0.891. The van der Waals surface area contributed by atoms with Crippen LogP contribution in [0.4, 0.5) is 14.9 Å². The topological polar surface area (TPSA) is 52.7 Å². The van der Waals surface area contributed by atoms with Crippen LogP contribution in [-0.2, 0) is 4.79 Å². The molecule has 0 aliphatic heterocycles. The Bertz CT molecular complexity index is 588. The summed E-state index contributed by atoms with van der Waals surface area (Å²) >= 11 is 0. The molecule has 1 aromatic carbocycles. The molecule has 0 aliphatic carbocycles. The predicted molar refractivity (Wildman–Crippen MR) is 99.1 cm³/mol. The molecule has 1 rings (SSSR count). The van der Waals surface area contributed by atoms with Crippen molar-refractivity contribution in [2.45, 2.75) is 41.0 Å². The third-order valence-electron chi connectivity index (χ3n) is 4.43. The van der Waals surface area contributed by atoms with Crippen LogP contribution in [0.3, 0.4) is 0 Å². The highest BCUT2D eigenvalue weighted by Crippen LogP contribution is 2.16. The molecule has 0 spiro atoms. The molecular weight excluding hydrogens is 321 g/mol. The Labute approximate surface area is 150 Å². The van der Waals surface area contributed by atoms with Crippen LogP contribution in [0.5, 0.6) is 0 Å². The van der Waals surface area contributed by atoms with Crippen molar-refractivity contribution in [1.82, 2.24) is 9.80 Å². The first-order valence-electron chi connectivity index (χ1n) is 8.98. The molecule has 0 fully saturated rings. The molecule has 0 aromatic heterocycles. The van der Waals surface area contributed by atoms with E-state index in [4.69, 9.17) is 0 Å². The fraction of sp³-hybridized carbons (Fsp3) is 0.579. The summed E-state index contributed by atoms with van der Waals surface area (Å²) in [7, 11) is 0. The number of anilines is 1. The Balaban J connectivity index is 2.80. The largest absolute Gasteiger partial charge is 0.326 e. The van der Waals surface area contributed by atoms with Crippen LogP contribution in [-0.4, -0.2) is 47.9 Å². The van der Waals surface area contributed by atoms with Crippen LogP contribution in [0.25, 0.3) is 0 Å². The normalized spacial score (nSPS) is 11.8. The van der Waals surface area contributed by atoms with E-state index in [1.165, 1.54) is 6.07 Å². The molecule has 5 nitrogen and oxygen atoms in total. The van der Waals surface area contributed by atoms with E-state index in [9.17, 15) is 14.0 Å². The first-order valence-corrected chi connectivity index (χ1v) is 8.98. The number of aryl methyl sites for hydroxylation is 1. The van der Waals surface area contributed by atoms with E-state index in [2.05, 4.69) is 5.32 Å². The number of urea groups is 1. The van der Waals surface area contributed by atoms with Crippen LogP contribution in [0.15, 0.2) is 18.2 Å². The van der Waals surface area contributed by atoms with Crippen LogP contribution < -0.4 is 5.32 Å². The molecule has 1 aromatic rings. The molecule has 0 aliphatic rings. The van der Waals surface area contributed by atoms with Gasteiger partial charge >= 0.3 is 6.03 Å². The lowest BCUT2D eigenvalue weighted by Crippen LogP contribution is -2.46. The highest BCUT2D eigenvalue weighted by Gasteiger charge is 2.24. The molecule has 0 saturated carbocycles. The van der Waals surface area contributed by atoms with Gasteiger partial charge in [-0.3, -0.25) is 4.79 Å². The first-order chi connectivity index (χ1) is 11.9. The lowest BCUT2D eigenvalue weighted by atomic mass is 10.0. The second kappa shape index (κ2) is 10.0. The van der Waals surface area contributed by atoms with Crippen molar-refractivity contribution in [3.05, 3.63) is 29.6 Å². The fourth-order valence-corrected chi connectivity index (χ4v) is 2.61. The molecule has 0 saturated heterocycles. The maximum Gasteiger partial charge on any atom is 0.319 e. The van der Waals surface area contributed by atoms with Crippen LogP contribution in [0.2, 0.25) is 0 Å². The van der Waals surface area contributed by atoms with Crippen molar-refractivity contribution in [1.29, 1.82) is 0 Å². The molecule has 140 valence electrons. The second-order valence-electron chi connectivity index (χ2n) is 6.05. The average Bonchev–Trinajstić information content (AvgIpc) is 2.60. The smallest absolute Gasteiger partial charge is 0.319 e. The Morgan fingerprint density at radius 1 is 1.08 bits per heavy atom. The van der Waals surface area contributed by atoms with E-state index in [1.807, 2.05) is 27.7 Å². The van der Waals surface area contributed by atoms with E-state index >= 15 is 0 Å². The molecule has 0 heterocycles. The summed E-state index contributed by atoms with van der Waals surface area (Å²) < 4.78 is 13.6. The van der Waals surface area contributed by atoms with E-state index < -0.39 is 0 Å². The van der Waals surface area contributed by atoms with Gasteiger partial charge in [0, 0.05) is 31.9 Å². The minimum atomic E-state index is -0.349. The van der Waals surface area contributed by atoms with Crippen LogP contribution in [0, 0.1) is 18.7 Å². The summed E-state index contributed by atoms with van der Waals surface area (Å²) in [6.07, 6.45) is 0.599. The average molecular weight is 351 g/mol. The quantitative estimate of drug-likeness (QED) is 0.773. The third kappa shape index (κ3) is 5.73. The molecular formula is C19H30FN3O2. The van der Waals surface area contributed by atoms with E-state index in [0.717, 1.165) is 0 Å². The summed E-state index contributed by atoms with van der Waals surface area (Å²) in [6.45, 7) is 11.5. The zero-order valence-electron chi connectivity index (χ0n) is 15.9. The fourth-order valence-electron chi connectivity index (χ4n) is 2.61. The van der Waals surface area contributed by atoms with Gasteiger partial charge in [0.1, 0.15) is 5.82 Å². The number of hydrogen-bond donors (Lipinski definition) is 1. The minimum absolute atomic E-state index is 0.0554. The van der Waals surface area contributed by atoms with Crippen molar-refractivity contribution in [3.63, 3.8) is 0 Å². The monoisotopic (exact) mass is 351 g/mol. The predicted octanol–water partition coefficient (Wildman–Crippen LogP) is 3.88. The molecule has 0 unspecified atom stereocenters. The third-order valence-corrected chi connectivity index (χ3v) is 4.43. The maximum absolute atomic E-state index is 13.6. The summed E-state index contributed by atoms with van der Waals surface area (Å²) in [4.78, 5) is 28.5. The SMILES string of the molecule is CC[C@@H](CN(CC)C(=O)N(CC)CC)C(=O)Nc1ccc(C)c(F)c1. The number of carbonyl (C=O) groups excluding carboxylic acids is 2. The molecule has 0 bridgehead atoms. The Morgan fingerprint density at radius 3 is 2.16 bits per heavy atom. The molecule has 1 N–H and O–H groups in total. The first kappa shape index (κ1) is 20.9. The van der Waals surface area contributed by atoms with Crippen molar-refractivity contribution in [2.24, 2.45) is 5.92 Å². The number of halogens is 1. The number of hydrogen-bond acceptors (Lipinski definition) is 2. The summed E-state index contributed by atoms with van der Waals surface area (Å²) in [5, 5.41) is 2.76. The van der Waals surface area contributed by atoms with Gasteiger partial charge < -0.3 is 15.1 Å². The van der Waals surface area contributed by atoms with Gasteiger partial charge in [0.25, 0.3) is 0 Å². The Kier molecular flexibility index (Phi) is 8.38. The van der Waals surface area contributed by atoms with Gasteiger partial charge in [-0.1, -0.05) is 13.0 Å². The molecule has 25 heavy (non-hydrogen) atoms. The number of nitrogens with one attached hydrogen (secondary N) is 1. The molecule has 1 atom stereocenters. The number of rotatable bonds is 8. The van der Waals surface area contributed by atoms with Crippen LogP contribution in [0.1, 0.15) is 39.7 Å². The zero-order chi connectivity index (χ0) is 19.0. The number of carbonyl (C=O) groups is 2. The standard InChI is InChI=1S/C19H30FN3O2/c1-6-15(13-23(9-4)19(25)22(7-2)8-3)18(24)21-16-11-10-14(5)17(20)12-16/h10-12,15H,6-9,13H2,1-5H3,(H,21,24)/t15-/m0/s1. The highest BCUT2D eigenvalue weighted by molar-refractivity contribution is 5.93. The zero-order valence-corrected chi connectivity index (χ0v) is 15.9. The summed E-state index contributed by atoms with van der Waals surface area (Å²) in [6, 6.07) is 4.58. The second-order valence-corrected chi connectivity index (χ2v) is 6.05. The highest BCUT2D eigenvalue weighted by atomic mass is 19.1. The lowest BCUT2D eigenvalue weighted by Gasteiger charge is -2.30. The number of benzene rings is 1. The van der Waals surface area contributed by atoms with Gasteiger partial charge in [-0.2, -0.15) is 0 Å². The van der Waals surface area contributed by atoms with Gasteiger partial charge in [-0.05, 0) is 51.8 Å². The number of amides is 3. The van der Waals surface area contributed by atoms with Crippen LogP contribution >= 0.6 is 0 Å². The van der Waals surface area contributed by atoms with Gasteiger partial charge in [0.2, 0.25) is 5.91 Å². The Hall–Kier alpha value is -2.11. The lowest BCUT2D eigenvalue weighted by molar-refractivity contribution is -0.120. The van der Waals surface area contributed by atoms with E-state index in [1.54, 1.807) is 28.9 Å². The molecule has 0 radical (unpaired) electrons. The van der Waals surface area contributed by atoms with E-state index in [0.29, 0.717) is 43.9 Å². The van der Waals surface area contributed by atoms with Crippen molar-refractivity contribution >= 4 is 17.6 Å². The van der Waals surface area contributed by atoms with Crippen molar-refractivity contribution in [3.8, 4) is 0 Å². The summed E-state index contributed by atoms with van der Waals surface area (Å²) in [5.41, 5.74) is 0.969. The van der Waals surface area contributed by atoms with Gasteiger partial charge in [-0.25, -0.2) is 9.18 Å². The maximum atomic E-state index is 13.6. The van der Waals surface area contributed by atoms with Gasteiger partial charge in [0.15, 0.2) is 0 Å². The minimum Gasteiger partial charge on any atom is -0.326 e. The molecule has 3 amide bonds. The number of nitrogens with zero attached hydrogens (tertiary/aromatic N) is 2. The molecule has 6 heteroatoms. The van der Waals surface area contributed by atoms with Crippen molar-refractivity contribution in [2.75, 3.05) is 31.5 Å². The van der Waals surface area contributed by atoms with E-state index in [-0.39, 0.29) is 23.7 Å². The van der Waals surface area contributed by atoms with Gasteiger partial charge in [0.05, 0.1) is 5.92 Å². The Morgan fingerprint density at radius 2 is 1.68 bits per heavy atom.